The number of sulfone groups is 1. The molecule has 1 heterocycles. The van der Waals surface area contributed by atoms with Crippen molar-refractivity contribution in [3.63, 3.8) is 0 Å². The number of hydrogen-bond acceptors (Lipinski definition) is 4. The molecule has 0 unspecified atom stereocenters. The third kappa shape index (κ3) is 4.22. The molecule has 0 aromatic heterocycles. The molecule has 0 N–H and O–H groups in total. The van der Waals surface area contributed by atoms with Crippen molar-refractivity contribution in [1.82, 2.24) is 4.90 Å². The monoisotopic (exact) mass is 377 g/mol. The third-order valence-electron chi connectivity index (χ3n) is 4.49. The van der Waals surface area contributed by atoms with Crippen molar-refractivity contribution in [3.05, 3.63) is 65.5 Å². The Morgan fingerprint density at radius 1 is 1.23 bits per heavy atom. The Kier molecular flexibility index (Phi) is 5.27. The summed E-state index contributed by atoms with van der Waals surface area (Å²) in [4.78, 5) is 14.6. The van der Waals surface area contributed by atoms with Crippen LogP contribution in [0, 0.1) is 5.82 Å². The standard InChI is InChI=1S/C19H20FNO4S/c1-25-18-4-2-3-14(11-18)12-21(17-9-10-26(23,24)13-17)19(22)15-5-7-16(20)8-6-15/h2-8,11,17H,9-10,12-13H2,1H3/t17-/m0/s1. The van der Waals surface area contributed by atoms with Gasteiger partial charge in [-0.2, -0.15) is 0 Å². The number of nitrogens with zero attached hydrogens (tertiary/aromatic N) is 1. The van der Waals surface area contributed by atoms with Crippen molar-refractivity contribution >= 4 is 15.7 Å². The number of amides is 1. The van der Waals surface area contributed by atoms with Gasteiger partial charge in [-0.15, -0.1) is 0 Å². The van der Waals surface area contributed by atoms with Gasteiger partial charge in [-0.1, -0.05) is 12.1 Å². The minimum absolute atomic E-state index is 0.0517. The molecule has 1 fully saturated rings. The van der Waals surface area contributed by atoms with Gasteiger partial charge in [-0.3, -0.25) is 4.79 Å². The second kappa shape index (κ2) is 7.45. The van der Waals surface area contributed by atoms with E-state index in [4.69, 9.17) is 4.74 Å². The average molecular weight is 377 g/mol. The molecule has 1 amide bonds. The maximum absolute atomic E-state index is 13.2. The molecule has 26 heavy (non-hydrogen) atoms. The van der Waals surface area contributed by atoms with Crippen molar-refractivity contribution in [2.75, 3.05) is 18.6 Å². The molecule has 2 aromatic carbocycles. The van der Waals surface area contributed by atoms with E-state index in [-0.39, 0.29) is 24.0 Å². The summed E-state index contributed by atoms with van der Waals surface area (Å²) in [5, 5.41) is 0. The maximum atomic E-state index is 13.2. The summed E-state index contributed by atoms with van der Waals surface area (Å²) in [5.41, 5.74) is 1.17. The first-order valence-corrected chi connectivity index (χ1v) is 10.1. The van der Waals surface area contributed by atoms with Crippen LogP contribution in [0.15, 0.2) is 48.5 Å². The first-order chi connectivity index (χ1) is 12.4. The lowest BCUT2D eigenvalue weighted by Crippen LogP contribution is -2.40. The van der Waals surface area contributed by atoms with Crippen molar-refractivity contribution < 1.29 is 22.3 Å². The van der Waals surface area contributed by atoms with Gasteiger partial charge >= 0.3 is 0 Å². The molecule has 1 saturated heterocycles. The van der Waals surface area contributed by atoms with E-state index >= 15 is 0 Å². The van der Waals surface area contributed by atoms with E-state index in [1.807, 2.05) is 18.2 Å². The van der Waals surface area contributed by atoms with Crippen molar-refractivity contribution in [3.8, 4) is 5.75 Å². The molecule has 1 aliphatic rings. The lowest BCUT2D eigenvalue weighted by molar-refractivity contribution is 0.0680. The first-order valence-electron chi connectivity index (χ1n) is 8.28. The zero-order valence-electron chi connectivity index (χ0n) is 14.4. The van der Waals surface area contributed by atoms with Gasteiger partial charge < -0.3 is 9.64 Å². The van der Waals surface area contributed by atoms with E-state index in [9.17, 15) is 17.6 Å². The number of halogens is 1. The lowest BCUT2D eigenvalue weighted by atomic mass is 10.1. The molecule has 0 bridgehead atoms. The second-order valence-electron chi connectivity index (χ2n) is 6.35. The van der Waals surface area contributed by atoms with Gasteiger partial charge in [0, 0.05) is 18.2 Å². The highest BCUT2D eigenvalue weighted by molar-refractivity contribution is 7.91. The molecule has 5 nitrogen and oxygen atoms in total. The third-order valence-corrected chi connectivity index (χ3v) is 6.24. The van der Waals surface area contributed by atoms with Crippen molar-refractivity contribution in [1.29, 1.82) is 0 Å². The summed E-state index contributed by atoms with van der Waals surface area (Å²) in [6.45, 7) is 0.258. The Hall–Kier alpha value is -2.41. The Morgan fingerprint density at radius 2 is 1.96 bits per heavy atom. The van der Waals surface area contributed by atoms with Crippen LogP contribution < -0.4 is 4.74 Å². The Labute approximate surface area is 152 Å². The number of ether oxygens (including phenoxy) is 1. The highest BCUT2D eigenvalue weighted by atomic mass is 32.2. The van der Waals surface area contributed by atoms with Gasteiger partial charge in [0.25, 0.3) is 5.91 Å². The van der Waals surface area contributed by atoms with Crippen LogP contribution in [0.2, 0.25) is 0 Å². The first kappa shape index (κ1) is 18.4. The van der Waals surface area contributed by atoms with Gasteiger partial charge in [0.1, 0.15) is 11.6 Å². The number of carbonyl (C=O) groups is 1. The smallest absolute Gasteiger partial charge is 0.254 e. The van der Waals surface area contributed by atoms with Crippen LogP contribution in [-0.4, -0.2) is 43.9 Å². The summed E-state index contributed by atoms with van der Waals surface area (Å²) in [6, 6.07) is 12.2. The predicted molar refractivity (Wildman–Crippen MR) is 96.3 cm³/mol. The number of methoxy groups -OCH3 is 1. The fraction of sp³-hybridized carbons (Fsp3) is 0.316. The van der Waals surface area contributed by atoms with E-state index in [0.717, 1.165) is 5.56 Å². The van der Waals surface area contributed by atoms with Crippen molar-refractivity contribution in [2.24, 2.45) is 0 Å². The molecule has 0 saturated carbocycles. The van der Waals surface area contributed by atoms with Crippen LogP contribution in [0.5, 0.6) is 5.75 Å². The normalized spacial score (nSPS) is 18.5. The Morgan fingerprint density at radius 3 is 2.58 bits per heavy atom. The van der Waals surface area contributed by atoms with Gasteiger partial charge in [-0.25, -0.2) is 12.8 Å². The van der Waals surface area contributed by atoms with Crippen LogP contribution in [0.4, 0.5) is 4.39 Å². The van der Waals surface area contributed by atoms with E-state index < -0.39 is 21.7 Å². The highest BCUT2D eigenvalue weighted by Gasteiger charge is 2.35. The fourth-order valence-corrected chi connectivity index (χ4v) is 4.84. The van der Waals surface area contributed by atoms with E-state index in [0.29, 0.717) is 17.7 Å². The average Bonchev–Trinajstić information content (AvgIpc) is 2.99. The van der Waals surface area contributed by atoms with Gasteiger partial charge in [0.05, 0.1) is 18.6 Å². The number of hydrogen-bond donors (Lipinski definition) is 0. The second-order valence-corrected chi connectivity index (χ2v) is 8.58. The van der Waals surface area contributed by atoms with Gasteiger partial charge in [0.2, 0.25) is 0 Å². The minimum Gasteiger partial charge on any atom is -0.497 e. The summed E-state index contributed by atoms with van der Waals surface area (Å²) >= 11 is 0. The highest BCUT2D eigenvalue weighted by Crippen LogP contribution is 2.24. The molecule has 2 aromatic rings. The van der Waals surface area contributed by atoms with Crippen LogP contribution in [0.25, 0.3) is 0 Å². The zero-order chi connectivity index (χ0) is 18.7. The quantitative estimate of drug-likeness (QED) is 0.804. The van der Waals surface area contributed by atoms with Crippen LogP contribution in [-0.2, 0) is 16.4 Å². The summed E-state index contributed by atoms with van der Waals surface area (Å²) in [7, 11) is -1.59. The summed E-state index contributed by atoms with van der Waals surface area (Å²) in [5.74, 6) is -0.0534. The maximum Gasteiger partial charge on any atom is 0.254 e. The van der Waals surface area contributed by atoms with Crippen LogP contribution in [0.3, 0.4) is 0 Å². The SMILES string of the molecule is COc1cccc(CN(C(=O)c2ccc(F)cc2)[C@H]2CCS(=O)(=O)C2)c1. The number of carbonyl (C=O) groups excluding carboxylic acids is 1. The molecule has 0 radical (unpaired) electrons. The molecule has 7 heteroatoms. The van der Waals surface area contributed by atoms with E-state index in [1.165, 1.54) is 24.3 Å². The number of benzene rings is 2. The van der Waals surface area contributed by atoms with Gasteiger partial charge in [0.15, 0.2) is 9.84 Å². The molecular weight excluding hydrogens is 357 g/mol. The number of rotatable bonds is 5. The molecule has 1 aliphatic heterocycles. The van der Waals surface area contributed by atoms with Crippen molar-refractivity contribution in [2.45, 2.75) is 19.0 Å². The topological polar surface area (TPSA) is 63.7 Å². The zero-order valence-corrected chi connectivity index (χ0v) is 15.2. The molecule has 0 aliphatic carbocycles. The molecule has 3 rings (SSSR count). The fourth-order valence-electron chi connectivity index (χ4n) is 3.11. The van der Waals surface area contributed by atoms with E-state index in [2.05, 4.69) is 0 Å². The Bertz CT molecular complexity index is 896. The molecule has 0 spiro atoms. The molecule has 138 valence electrons. The largest absolute Gasteiger partial charge is 0.497 e. The van der Waals surface area contributed by atoms with E-state index in [1.54, 1.807) is 18.1 Å². The van der Waals surface area contributed by atoms with Crippen LogP contribution in [0.1, 0.15) is 22.3 Å². The van der Waals surface area contributed by atoms with Crippen LogP contribution >= 0.6 is 0 Å². The predicted octanol–water partition coefficient (Wildman–Crippen LogP) is 2.66. The molecule has 1 atom stereocenters. The summed E-state index contributed by atoms with van der Waals surface area (Å²) < 4.78 is 42.2. The van der Waals surface area contributed by atoms with Gasteiger partial charge in [-0.05, 0) is 48.4 Å². The lowest BCUT2D eigenvalue weighted by Gasteiger charge is -2.28. The Balaban J connectivity index is 1.90. The minimum atomic E-state index is -3.15. The summed E-state index contributed by atoms with van der Waals surface area (Å²) in [6.07, 6.45) is 0.402. The molecular formula is C19H20FNO4S.